The number of phenols is 1. The first-order valence-electron chi connectivity index (χ1n) is 4.79. The molecule has 0 aliphatic rings. The highest BCUT2D eigenvalue weighted by atomic mass is 16.5. The van der Waals surface area contributed by atoms with Crippen molar-refractivity contribution >= 4 is 17.6 Å². The molecule has 1 aromatic rings. The number of rotatable bonds is 2. The molecule has 5 nitrogen and oxygen atoms in total. The quantitative estimate of drug-likeness (QED) is 0.598. The molecule has 0 fully saturated rings. The average Bonchev–Trinajstić information content (AvgIpc) is 2.29. The predicted molar refractivity (Wildman–Crippen MR) is 58.1 cm³/mol. The third kappa shape index (κ3) is 2.50. The van der Waals surface area contributed by atoms with Gasteiger partial charge in [-0.2, -0.15) is 0 Å². The van der Waals surface area contributed by atoms with Gasteiger partial charge in [-0.1, -0.05) is 6.07 Å². The Morgan fingerprint density at radius 3 is 2.62 bits per heavy atom. The van der Waals surface area contributed by atoms with Gasteiger partial charge in [-0.3, -0.25) is 4.79 Å². The van der Waals surface area contributed by atoms with Gasteiger partial charge in [-0.05, 0) is 19.1 Å². The van der Waals surface area contributed by atoms with E-state index in [0.717, 1.165) is 7.11 Å². The van der Waals surface area contributed by atoms with E-state index >= 15 is 0 Å². The Hall–Kier alpha value is -2.04. The van der Waals surface area contributed by atoms with E-state index in [9.17, 15) is 14.7 Å². The molecule has 0 aromatic heterocycles. The molecule has 0 unspecified atom stereocenters. The number of hydrogen-bond donors (Lipinski definition) is 1. The zero-order valence-electron chi connectivity index (χ0n) is 9.14. The van der Waals surface area contributed by atoms with E-state index in [1.165, 1.54) is 17.0 Å². The minimum Gasteiger partial charge on any atom is -0.508 e. The second kappa shape index (κ2) is 5.16. The Morgan fingerprint density at radius 1 is 1.44 bits per heavy atom. The molecule has 0 aliphatic heterocycles. The van der Waals surface area contributed by atoms with E-state index in [2.05, 4.69) is 4.74 Å². The molecule has 0 bridgehead atoms. The molecule has 0 radical (unpaired) electrons. The van der Waals surface area contributed by atoms with E-state index in [-0.39, 0.29) is 5.75 Å². The monoisotopic (exact) mass is 223 g/mol. The molecule has 1 aromatic carbocycles. The molecule has 0 aliphatic carbocycles. The van der Waals surface area contributed by atoms with Crippen LogP contribution in [-0.4, -0.2) is 30.6 Å². The standard InChI is InChI=1S/C11H13NO4/c1-3-12(10(14)11(15)16-2)8-5-4-6-9(13)7-8/h4-7,13H,3H2,1-2H3. The van der Waals surface area contributed by atoms with Crippen LogP contribution in [0.5, 0.6) is 5.75 Å². The van der Waals surface area contributed by atoms with Crippen molar-refractivity contribution in [3.63, 3.8) is 0 Å². The third-order valence-corrected chi connectivity index (χ3v) is 2.06. The van der Waals surface area contributed by atoms with Crippen LogP contribution >= 0.6 is 0 Å². The third-order valence-electron chi connectivity index (χ3n) is 2.06. The zero-order chi connectivity index (χ0) is 12.1. The van der Waals surface area contributed by atoms with Crippen LogP contribution in [0.25, 0.3) is 0 Å². The first-order chi connectivity index (χ1) is 7.60. The average molecular weight is 223 g/mol. The van der Waals surface area contributed by atoms with Gasteiger partial charge in [0.15, 0.2) is 0 Å². The number of hydrogen-bond acceptors (Lipinski definition) is 4. The molecular formula is C11H13NO4. The lowest BCUT2D eigenvalue weighted by molar-refractivity contribution is -0.151. The van der Waals surface area contributed by atoms with E-state index in [0.29, 0.717) is 12.2 Å². The van der Waals surface area contributed by atoms with E-state index in [4.69, 9.17) is 0 Å². The fourth-order valence-electron chi connectivity index (χ4n) is 1.30. The summed E-state index contributed by atoms with van der Waals surface area (Å²) in [5.41, 5.74) is 0.456. The van der Waals surface area contributed by atoms with Crippen LogP contribution in [0.2, 0.25) is 0 Å². The van der Waals surface area contributed by atoms with E-state index in [1.54, 1.807) is 19.1 Å². The SMILES string of the molecule is CCN(C(=O)C(=O)OC)c1cccc(O)c1. The first-order valence-corrected chi connectivity index (χ1v) is 4.79. The Balaban J connectivity index is 2.99. The summed E-state index contributed by atoms with van der Waals surface area (Å²) in [5, 5.41) is 9.28. The molecule has 0 spiro atoms. The van der Waals surface area contributed by atoms with Crippen LogP contribution in [0, 0.1) is 0 Å². The number of nitrogens with zero attached hydrogens (tertiary/aromatic N) is 1. The molecular weight excluding hydrogens is 210 g/mol. The maximum Gasteiger partial charge on any atom is 0.397 e. The number of amides is 1. The van der Waals surface area contributed by atoms with Gasteiger partial charge in [0.05, 0.1) is 7.11 Å². The Labute approximate surface area is 93.2 Å². The van der Waals surface area contributed by atoms with Crippen molar-refractivity contribution in [2.45, 2.75) is 6.92 Å². The van der Waals surface area contributed by atoms with Gasteiger partial charge < -0.3 is 14.7 Å². The van der Waals surface area contributed by atoms with Gasteiger partial charge in [0.25, 0.3) is 0 Å². The molecule has 0 saturated heterocycles. The summed E-state index contributed by atoms with van der Waals surface area (Å²) in [6.45, 7) is 2.04. The summed E-state index contributed by atoms with van der Waals surface area (Å²) in [6, 6.07) is 6.12. The first kappa shape index (κ1) is 12.0. The second-order valence-electron chi connectivity index (χ2n) is 3.06. The molecule has 0 saturated carbocycles. The second-order valence-corrected chi connectivity index (χ2v) is 3.06. The molecule has 86 valence electrons. The van der Waals surface area contributed by atoms with Gasteiger partial charge in [0, 0.05) is 18.3 Å². The van der Waals surface area contributed by atoms with Crippen molar-refractivity contribution in [3.05, 3.63) is 24.3 Å². The lowest BCUT2D eigenvalue weighted by Gasteiger charge is -2.19. The number of phenolic OH excluding ortho intramolecular Hbond substituents is 1. The van der Waals surface area contributed by atoms with Gasteiger partial charge >= 0.3 is 11.9 Å². The normalized spacial score (nSPS) is 9.62. The number of methoxy groups -OCH3 is 1. The minimum atomic E-state index is -0.926. The molecule has 0 atom stereocenters. The predicted octanol–water partition coefficient (Wildman–Crippen LogP) is 0.918. The summed E-state index contributed by atoms with van der Waals surface area (Å²) in [6.07, 6.45) is 0. The number of benzene rings is 1. The summed E-state index contributed by atoms with van der Waals surface area (Å²) in [4.78, 5) is 23.9. The summed E-state index contributed by atoms with van der Waals surface area (Å²) >= 11 is 0. The van der Waals surface area contributed by atoms with Crippen molar-refractivity contribution in [1.29, 1.82) is 0 Å². The smallest absolute Gasteiger partial charge is 0.397 e. The largest absolute Gasteiger partial charge is 0.508 e. The van der Waals surface area contributed by atoms with Crippen molar-refractivity contribution in [2.75, 3.05) is 18.6 Å². The van der Waals surface area contributed by atoms with Gasteiger partial charge in [0.2, 0.25) is 0 Å². The van der Waals surface area contributed by atoms with E-state index < -0.39 is 11.9 Å². The van der Waals surface area contributed by atoms with Crippen molar-refractivity contribution < 1.29 is 19.4 Å². The molecule has 16 heavy (non-hydrogen) atoms. The summed E-state index contributed by atoms with van der Waals surface area (Å²) in [7, 11) is 1.15. The fourth-order valence-corrected chi connectivity index (χ4v) is 1.30. The highest BCUT2D eigenvalue weighted by Gasteiger charge is 2.22. The topological polar surface area (TPSA) is 66.8 Å². The Bertz CT molecular complexity index is 403. The highest BCUT2D eigenvalue weighted by molar-refractivity contribution is 6.38. The Morgan fingerprint density at radius 2 is 2.12 bits per heavy atom. The van der Waals surface area contributed by atoms with Crippen LogP contribution in [-0.2, 0) is 14.3 Å². The number of carbonyl (C=O) groups is 2. The van der Waals surface area contributed by atoms with Crippen molar-refractivity contribution in [3.8, 4) is 5.75 Å². The lowest BCUT2D eigenvalue weighted by Crippen LogP contribution is -2.37. The molecule has 0 heterocycles. The maximum atomic E-state index is 11.6. The number of aromatic hydroxyl groups is 1. The number of anilines is 1. The van der Waals surface area contributed by atoms with E-state index in [1.807, 2.05) is 0 Å². The summed E-state index contributed by atoms with van der Waals surface area (Å²) in [5.74, 6) is -1.64. The highest BCUT2D eigenvalue weighted by Crippen LogP contribution is 2.20. The molecule has 5 heteroatoms. The van der Waals surface area contributed by atoms with Crippen molar-refractivity contribution in [2.24, 2.45) is 0 Å². The number of carbonyl (C=O) groups excluding carboxylic acids is 2. The minimum absolute atomic E-state index is 0.0358. The van der Waals surface area contributed by atoms with Crippen LogP contribution in [0.15, 0.2) is 24.3 Å². The van der Waals surface area contributed by atoms with Gasteiger partial charge in [-0.15, -0.1) is 0 Å². The number of likely N-dealkylation sites (N-methyl/N-ethyl adjacent to an activating group) is 1. The number of ether oxygens (including phenoxy) is 1. The fraction of sp³-hybridized carbons (Fsp3) is 0.273. The maximum absolute atomic E-state index is 11.6. The van der Waals surface area contributed by atoms with Gasteiger partial charge in [0.1, 0.15) is 5.75 Å². The zero-order valence-corrected chi connectivity index (χ0v) is 9.14. The molecule has 1 amide bonds. The van der Waals surface area contributed by atoms with Gasteiger partial charge in [-0.25, -0.2) is 4.79 Å². The summed E-state index contributed by atoms with van der Waals surface area (Å²) < 4.78 is 4.35. The van der Waals surface area contributed by atoms with Crippen LogP contribution in [0.3, 0.4) is 0 Å². The van der Waals surface area contributed by atoms with Crippen LogP contribution in [0.4, 0.5) is 5.69 Å². The number of esters is 1. The van der Waals surface area contributed by atoms with Crippen LogP contribution < -0.4 is 4.90 Å². The van der Waals surface area contributed by atoms with Crippen molar-refractivity contribution in [1.82, 2.24) is 0 Å². The van der Waals surface area contributed by atoms with Crippen LogP contribution in [0.1, 0.15) is 6.92 Å². The molecule has 1 rings (SSSR count). The lowest BCUT2D eigenvalue weighted by atomic mass is 10.2. The Kier molecular flexibility index (Phi) is 3.88. The molecule has 1 N–H and O–H groups in total.